The molecule has 0 bridgehead atoms. The van der Waals surface area contributed by atoms with Gasteiger partial charge in [-0.25, -0.2) is 8.78 Å². The van der Waals surface area contributed by atoms with Crippen LogP contribution in [-0.4, -0.2) is 21.5 Å². The average molecular weight is 406 g/mol. The first-order valence-electron chi connectivity index (χ1n) is 8.06. The molecule has 2 N–H and O–H groups in total. The van der Waals surface area contributed by atoms with E-state index in [0.717, 1.165) is 0 Å². The lowest BCUT2D eigenvalue weighted by atomic mass is 10.1. The van der Waals surface area contributed by atoms with E-state index in [0.29, 0.717) is 17.0 Å². The summed E-state index contributed by atoms with van der Waals surface area (Å²) in [6, 6.07) is 5.98. The topological polar surface area (TPSA) is 108 Å². The van der Waals surface area contributed by atoms with Crippen molar-refractivity contribution in [2.45, 2.75) is 26.8 Å². The van der Waals surface area contributed by atoms with Gasteiger partial charge in [0.25, 0.3) is 12.3 Å². The highest BCUT2D eigenvalue weighted by Crippen LogP contribution is 2.33. The number of fused-ring (bicyclic) bond motifs is 1. The SMILES string of the molecule is Cc1noc(C)c1C(=O)NC(=N)Cn1c(C(F)F)cc2c(Cl)c(C#N)ccc21. The van der Waals surface area contributed by atoms with Gasteiger partial charge in [0.1, 0.15) is 23.2 Å². The molecule has 3 aromatic rings. The molecule has 28 heavy (non-hydrogen) atoms. The highest BCUT2D eigenvalue weighted by molar-refractivity contribution is 6.36. The summed E-state index contributed by atoms with van der Waals surface area (Å²) >= 11 is 6.13. The normalized spacial score (nSPS) is 11.0. The Kier molecular flexibility index (Phi) is 5.16. The molecule has 1 amide bonds. The van der Waals surface area contributed by atoms with Gasteiger partial charge in [-0.15, -0.1) is 0 Å². The summed E-state index contributed by atoms with van der Waals surface area (Å²) in [7, 11) is 0. The Morgan fingerprint density at radius 2 is 2.18 bits per heavy atom. The molecule has 10 heteroatoms. The maximum atomic E-state index is 13.5. The van der Waals surface area contributed by atoms with Crippen LogP contribution in [-0.2, 0) is 6.54 Å². The number of amides is 1. The van der Waals surface area contributed by atoms with Gasteiger partial charge in [-0.3, -0.25) is 10.2 Å². The van der Waals surface area contributed by atoms with Gasteiger partial charge in [0.2, 0.25) is 0 Å². The molecule has 0 aliphatic heterocycles. The standard InChI is InChI=1S/C18H14ClF2N5O2/c1-8-15(9(2)28-25-8)18(27)24-14(23)7-26-12-4-3-10(6-22)16(19)11(12)5-13(26)17(20)21/h3-5,17H,7H2,1-2H3,(H2,23,24,27). The first kappa shape index (κ1) is 19.5. The number of nitriles is 1. The van der Waals surface area contributed by atoms with Crippen molar-refractivity contribution >= 4 is 34.2 Å². The Labute approximate surface area is 163 Å². The van der Waals surface area contributed by atoms with Crippen molar-refractivity contribution in [2.75, 3.05) is 0 Å². The Morgan fingerprint density at radius 1 is 1.46 bits per heavy atom. The fourth-order valence-electron chi connectivity index (χ4n) is 2.97. The van der Waals surface area contributed by atoms with Crippen LogP contribution in [0.5, 0.6) is 0 Å². The smallest absolute Gasteiger partial charge is 0.278 e. The molecular formula is C18H14ClF2N5O2. The number of nitrogens with one attached hydrogen (secondary N) is 2. The molecule has 2 aromatic heterocycles. The molecule has 0 aliphatic rings. The van der Waals surface area contributed by atoms with Gasteiger partial charge in [-0.2, -0.15) is 5.26 Å². The maximum absolute atomic E-state index is 13.5. The zero-order chi connectivity index (χ0) is 20.6. The number of rotatable bonds is 4. The molecule has 0 radical (unpaired) electrons. The summed E-state index contributed by atoms with van der Waals surface area (Å²) in [5.41, 5.74) is 0.670. The van der Waals surface area contributed by atoms with E-state index in [2.05, 4.69) is 10.5 Å². The molecule has 0 unspecified atom stereocenters. The second-order valence-corrected chi connectivity index (χ2v) is 6.44. The number of alkyl halides is 2. The maximum Gasteiger partial charge on any atom is 0.278 e. The van der Waals surface area contributed by atoms with Gasteiger partial charge in [0.15, 0.2) is 0 Å². The fraction of sp³-hybridized carbons (Fsp3) is 0.222. The van der Waals surface area contributed by atoms with Crippen LogP contribution in [0, 0.1) is 30.6 Å². The van der Waals surface area contributed by atoms with Crippen LogP contribution in [0.15, 0.2) is 22.7 Å². The van der Waals surface area contributed by atoms with Crippen LogP contribution in [0.4, 0.5) is 8.78 Å². The number of aromatic nitrogens is 2. The van der Waals surface area contributed by atoms with Crippen molar-refractivity contribution in [2.24, 2.45) is 0 Å². The zero-order valence-corrected chi connectivity index (χ0v) is 15.6. The minimum absolute atomic E-state index is 0.0620. The first-order valence-corrected chi connectivity index (χ1v) is 8.44. The van der Waals surface area contributed by atoms with Crippen molar-refractivity contribution in [1.29, 1.82) is 10.7 Å². The second kappa shape index (κ2) is 7.40. The monoisotopic (exact) mass is 405 g/mol. The Hall–Kier alpha value is -3.25. The quantitative estimate of drug-likeness (QED) is 0.502. The van der Waals surface area contributed by atoms with E-state index >= 15 is 0 Å². The van der Waals surface area contributed by atoms with E-state index in [1.165, 1.54) is 22.8 Å². The Balaban J connectivity index is 1.94. The number of nitrogens with zero attached hydrogens (tertiary/aromatic N) is 3. The lowest BCUT2D eigenvalue weighted by Crippen LogP contribution is -2.33. The van der Waals surface area contributed by atoms with E-state index in [-0.39, 0.29) is 39.6 Å². The summed E-state index contributed by atoms with van der Waals surface area (Å²) in [5, 5.41) is 23.5. The van der Waals surface area contributed by atoms with E-state index < -0.39 is 12.3 Å². The third kappa shape index (κ3) is 3.34. The Bertz CT molecular complexity index is 1120. The highest BCUT2D eigenvalue weighted by atomic mass is 35.5. The number of halogens is 3. The summed E-state index contributed by atoms with van der Waals surface area (Å²) in [6.45, 7) is 2.82. The number of benzene rings is 1. The first-order chi connectivity index (χ1) is 13.2. The molecule has 0 saturated carbocycles. The minimum atomic E-state index is -2.83. The number of carbonyl (C=O) groups is 1. The van der Waals surface area contributed by atoms with Gasteiger partial charge in [0, 0.05) is 5.39 Å². The lowest BCUT2D eigenvalue weighted by Gasteiger charge is -2.12. The third-order valence-electron chi connectivity index (χ3n) is 4.24. The molecule has 0 aliphatic carbocycles. The molecule has 0 fully saturated rings. The molecular weight excluding hydrogens is 392 g/mol. The lowest BCUT2D eigenvalue weighted by molar-refractivity contribution is 0.0974. The molecule has 0 spiro atoms. The largest absolute Gasteiger partial charge is 0.361 e. The minimum Gasteiger partial charge on any atom is -0.361 e. The number of aryl methyl sites for hydroxylation is 2. The molecule has 2 heterocycles. The van der Waals surface area contributed by atoms with Crippen LogP contribution in [0.1, 0.15) is 39.5 Å². The Morgan fingerprint density at radius 3 is 2.75 bits per heavy atom. The third-order valence-corrected chi connectivity index (χ3v) is 4.64. The predicted octanol–water partition coefficient (Wildman–Crippen LogP) is 4.12. The van der Waals surface area contributed by atoms with Crippen LogP contribution >= 0.6 is 11.6 Å². The number of amidine groups is 1. The van der Waals surface area contributed by atoms with Crippen LogP contribution in [0.25, 0.3) is 10.9 Å². The van der Waals surface area contributed by atoms with Gasteiger partial charge in [0.05, 0.1) is 34.0 Å². The average Bonchev–Trinajstić information content (AvgIpc) is 3.16. The highest BCUT2D eigenvalue weighted by Gasteiger charge is 2.22. The predicted molar refractivity (Wildman–Crippen MR) is 97.8 cm³/mol. The van der Waals surface area contributed by atoms with E-state index in [1.807, 2.05) is 6.07 Å². The van der Waals surface area contributed by atoms with Gasteiger partial charge >= 0.3 is 0 Å². The van der Waals surface area contributed by atoms with Crippen molar-refractivity contribution in [1.82, 2.24) is 15.0 Å². The number of hydrogen-bond acceptors (Lipinski definition) is 5. The van der Waals surface area contributed by atoms with Crippen molar-refractivity contribution < 1.29 is 18.1 Å². The fourth-order valence-corrected chi connectivity index (χ4v) is 3.22. The van der Waals surface area contributed by atoms with E-state index in [9.17, 15) is 13.6 Å². The summed E-state index contributed by atoms with van der Waals surface area (Å²) in [4.78, 5) is 12.3. The zero-order valence-electron chi connectivity index (χ0n) is 14.8. The van der Waals surface area contributed by atoms with Crippen molar-refractivity contribution in [3.63, 3.8) is 0 Å². The molecule has 3 rings (SSSR count). The molecule has 144 valence electrons. The van der Waals surface area contributed by atoms with E-state index in [1.54, 1.807) is 13.8 Å². The van der Waals surface area contributed by atoms with Crippen LogP contribution in [0.2, 0.25) is 5.02 Å². The van der Waals surface area contributed by atoms with Crippen molar-refractivity contribution in [3.8, 4) is 6.07 Å². The summed E-state index contributed by atoms with van der Waals surface area (Å²) < 4.78 is 33.1. The molecule has 0 saturated heterocycles. The number of hydrogen-bond donors (Lipinski definition) is 2. The van der Waals surface area contributed by atoms with Crippen LogP contribution in [0.3, 0.4) is 0 Å². The summed E-state index contributed by atoms with van der Waals surface area (Å²) in [5.74, 6) is -0.621. The molecule has 1 aromatic carbocycles. The summed E-state index contributed by atoms with van der Waals surface area (Å²) in [6.07, 6.45) is -2.83. The van der Waals surface area contributed by atoms with Crippen LogP contribution < -0.4 is 5.32 Å². The van der Waals surface area contributed by atoms with E-state index in [4.69, 9.17) is 26.8 Å². The molecule has 0 atom stereocenters. The van der Waals surface area contributed by atoms with Gasteiger partial charge in [-0.05, 0) is 32.0 Å². The van der Waals surface area contributed by atoms with Gasteiger partial charge in [-0.1, -0.05) is 16.8 Å². The van der Waals surface area contributed by atoms with Gasteiger partial charge < -0.3 is 14.4 Å². The van der Waals surface area contributed by atoms with Crippen molar-refractivity contribution in [3.05, 3.63) is 51.5 Å². The number of carbonyl (C=O) groups excluding carboxylic acids is 1. The second-order valence-electron chi connectivity index (χ2n) is 6.06. The molecule has 7 nitrogen and oxygen atoms in total.